The second kappa shape index (κ2) is 6.90. The molecule has 0 saturated carbocycles. The average Bonchev–Trinajstić information content (AvgIpc) is 2.98. The van der Waals surface area contributed by atoms with Gasteiger partial charge in [0.2, 0.25) is 15.0 Å². The van der Waals surface area contributed by atoms with Gasteiger partial charge in [0, 0.05) is 12.6 Å². The van der Waals surface area contributed by atoms with E-state index in [1.165, 1.54) is 0 Å². The van der Waals surface area contributed by atoms with Crippen molar-refractivity contribution < 1.29 is 17.9 Å². The average molecular weight is 379 g/mol. The number of likely N-dealkylation sites (tertiary alicyclic amines) is 1. The lowest BCUT2D eigenvalue weighted by molar-refractivity contribution is 0.0124. The topological polar surface area (TPSA) is 92.4 Å². The van der Waals surface area contributed by atoms with E-state index in [4.69, 9.17) is 4.74 Å². The number of sulfone groups is 1. The van der Waals surface area contributed by atoms with Crippen LogP contribution in [0.2, 0.25) is 0 Å². The van der Waals surface area contributed by atoms with Gasteiger partial charge in [0.25, 0.3) is 0 Å². The van der Waals surface area contributed by atoms with Crippen LogP contribution in [0.15, 0.2) is 29.4 Å². The van der Waals surface area contributed by atoms with Crippen LogP contribution in [0.1, 0.15) is 40.0 Å². The van der Waals surface area contributed by atoms with E-state index in [2.05, 4.69) is 9.97 Å². The molecule has 1 aromatic carbocycles. The quantitative estimate of drug-likeness (QED) is 0.884. The van der Waals surface area contributed by atoms with Crippen molar-refractivity contribution in [1.29, 1.82) is 0 Å². The summed E-state index contributed by atoms with van der Waals surface area (Å²) in [7, 11) is -3.65. The van der Waals surface area contributed by atoms with E-state index in [1.807, 2.05) is 12.1 Å². The van der Waals surface area contributed by atoms with Crippen molar-refractivity contribution in [2.45, 2.75) is 56.8 Å². The first-order chi connectivity index (χ1) is 12.2. The number of carbonyl (C=O) groups excluding carboxylic acids is 1. The Bertz CT molecular complexity index is 866. The van der Waals surface area contributed by atoms with Crippen molar-refractivity contribution in [2.75, 3.05) is 12.3 Å². The fourth-order valence-corrected chi connectivity index (χ4v) is 4.66. The van der Waals surface area contributed by atoms with E-state index in [1.54, 1.807) is 37.8 Å². The molecule has 1 saturated heterocycles. The number of benzene rings is 1. The summed E-state index contributed by atoms with van der Waals surface area (Å²) in [5.41, 5.74) is 0.675. The number of H-pyrrole nitrogens is 1. The van der Waals surface area contributed by atoms with E-state index >= 15 is 0 Å². The second-order valence-electron chi connectivity index (χ2n) is 7.66. The number of hydrogen-bond donors (Lipinski definition) is 1. The molecule has 0 spiro atoms. The highest BCUT2D eigenvalue weighted by Crippen LogP contribution is 2.24. The molecule has 3 rings (SSSR count). The van der Waals surface area contributed by atoms with Crippen molar-refractivity contribution in [1.82, 2.24) is 14.9 Å². The Morgan fingerprint density at radius 2 is 2.04 bits per heavy atom. The van der Waals surface area contributed by atoms with Crippen molar-refractivity contribution in [3.05, 3.63) is 24.3 Å². The first-order valence-electron chi connectivity index (χ1n) is 8.83. The van der Waals surface area contributed by atoms with E-state index < -0.39 is 27.6 Å². The molecule has 0 radical (unpaired) electrons. The molecule has 1 aliphatic rings. The van der Waals surface area contributed by atoms with Crippen LogP contribution < -0.4 is 0 Å². The summed E-state index contributed by atoms with van der Waals surface area (Å²) in [6, 6.07) is 6.78. The number of amides is 1. The smallest absolute Gasteiger partial charge is 0.410 e. The minimum absolute atomic E-state index is 0.0478. The van der Waals surface area contributed by atoms with Crippen LogP contribution in [0.5, 0.6) is 0 Å². The Hall–Kier alpha value is -2.09. The van der Waals surface area contributed by atoms with Crippen LogP contribution in [0.25, 0.3) is 11.0 Å². The van der Waals surface area contributed by atoms with Crippen LogP contribution in [0.3, 0.4) is 0 Å². The summed E-state index contributed by atoms with van der Waals surface area (Å²) in [5, 5.41) is -0.0478. The molecule has 1 atom stereocenters. The molecular formula is C18H25N3O4S. The molecule has 0 bridgehead atoms. The Labute approximate surface area is 153 Å². The molecule has 1 N–H and O–H groups in total. The van der Waals surface area contributed by atoms with Crippen LogP contribution in [0.4, 0.5) is 4.79 Å². The molecule has 26 heavy (non-hydrogen) atoms. The van der Waals surface area contributed by atoms with Crippen LogP contribution in [0, 0.1) is 0 Å². The molecular weight excluding hydrogens is 354 g/mol. The predicted octanol–water partition coefficient (Wildman–Crippen LogP) is 3.13. The standard InChI is InChI=1S/C18H25N3O4S/c1-18(2,3)25-17(22)21-11-7-6-8-13(21)12-26(23,24)16-19-14-9-4-5-10-15(14)20-16/h4-5,9-10,13H,6-8,11-12H2,1-3H3,(H,19,20)/t13-/m1/s1. The summed E-state index contributed by atoms with van der Waals surface area (Å²) in [6.45, 7) is 5.91. The number of hydrogen-bond acceptors (Lipinski definition) is 5. The van der Waals surface area contributed by atoms with Crippen LogP contribution >= 0.6 is 0 Å². The Balaban J connectivity index is 1.81. The normalized spacial score (nSPS) is 18.9. The number of imidazole rings is 1. The number of nitrogens with one attached hydrogen (secondary N) is 1. The molecule has 1 aliphatic heterocycles. The Morgan fingerprint density at radius 1 is 1.31 bits per heavy atom. The SMILES string of the molecule is CC(C)(C)OC(=O)N1CCCC[C@@H]1CS(=O)(=O)c1nc2ccccc2[nH]1. The van der Waals surface area contributed by atoms with E-state index in [9.17, 15) is 13.2 Å². The van der Waals surface area contributed by atoms with Gasteiger partial charge in [0.15, 0.2) is 0 Å². The predicted molar refractivity (Wildman–Crippen MR) is 98.7 cm³/mol. The van der Waals surface area contributed by atoms with E-state index in [0.717, 1.165) is 12.8 Å². The number of piperidine rings is 1. The fraction of sp³-hybridized carbons (Fsp3) is 0.556. The molecule has 2 aromatic rings. The first-order valence-corrected chi connectivity index (χ1v) is 10.5. The second-order valence-corrected chi connectivity index (χ2v) is 9.61. The maximum Gasteiger partial charge on any atom is 0.410 e. The number of fused-ring (bicyclic) bond motifs is 1. The number of carbonyl (C=O) groups is 1. The molecule has 1 amide bonds. The highest BCUT2D eigenvalue weighted by molar-refractivity contribution is 7.91. The van der Waals surface area contributed by atoms with E-state index in [-0.39, 0.29) is 10.9 Å². The lowest BCUT2D eigenvalue weighted by Gasteiger charge is -2.36. The van der Waals surface area contributed by atoms with Gasteiger partial charge in [-0.15, -0.1) is 0 Å². The number of nitrogens with zero attached hydrogens (tertiary/aromatic N) is 2. The minimum atomic E-state index is -3.65. The molecule has 7 nitrogen and oxygen atoms in total. The molecule has 2 heterocycles. The highest BCUT2D eigenvalue weighted by atomic mass is 32.2. The van der Waals surface area contributed by atoms with Gasteiger partial charge in [0.1, 0.15) is 5.60 Å². The highest BCUT2D eigenvalue weighted by Gasteiger charge is 2.34. The molecule has 8 heteroatoms. The zero-order valence-corrected chi connectivity index (χ0v) is 16.2. The van der Waals surface area contributed by atoms with Gasteiger partial charge >= 0.3 is 6.09 Å². The van der Waals surface area contributed by atoms with Gasteiger partial charge in [-0.1, -0.05) is 12.1 Å². The summed E-state index contributed by atoms with van der Waals surface area (Å²) >= 11 is 0. The van der Waals surface area contributed by atoms with Gasteiger partial charge in [-0.3, -0.25) is 0 Å². The lowest BCUT2D eigenvalue weighted by Crippen LogP contribution is -2.49. The maximum atomic E-state index is 12.9. The number of rotatable bonds is 3. The van der Waals surface area contributed by atoms with E-state index in [0.29, 0.717) is 24.0 Å². The third kappa shape index (κ3) is 4.17. The zero-order valence-electron chi connectivity index (χ0n) is 15.4. The van der Waals surface area contributed by atoms with Crippen molar-refractivity contribution in [3.8, 4) is 0 Å². The number of aromatic nitrogens is 2. The molecule has 0 aliphatic carbocycles. The van der Waals surface area contributed by atoms with Gasteiger partial charge in [-0.05, 0) is 52.2 Å². The third-order valence-corrected chi connectivity index (χ3v) is 5.94. The third-order valence-electron chi connectivity index (χ3n) is 4.33. The maximum absolute atomic E-state index is 12.9. The fourth-order valence-electron chi connectivity index (χ4n) is 3.14. The summed E-state index contributed by atoms with van der Waals surface area (Å²) in [4.78, 5) is 21.1. The Morgan fingerprint density at radius 3 is 2.73 bits per heavy atom. The first kappa shape index (κ1) is 18.7. The van der Waals surface area contributed by atoms with Crippen LogP contribution in [-0.2, 0) is 14.6 Å². The summed E-state index contributed by atoms with van der Waals surface area (Å²) in [6.07, 6.45) is 1.92. The Kier molecular flexibility index (Phi) is 4.96. The van der Waals surface area contributed by atoms with Crippen molar-refractivity contribution in [2.24, 2.45) is 0 Å². The van der Waals surface area contributed by atoms with Crippen molar-refractivity contribution in [3.63, 3.8) is 0 Å². The zero-order chi connectivity index (χ0) is 18.9. The largest absolute Gasteiger partial charge is 0.444 e. The number of ether oxygens (including phenoxy) is 1. The van der Waals surface area contributed by atoms with Gasteiger partial charge in [-0.2, -0.15) is 0 Å². The molecule has 1 aromatic heterocycles. The minimum Gasteiger partial charge on any atom is -0.444 e. The lowest BCUT2D eigenvalue weighted by atomic mass is 10.0. The van der Waals surface area contributed by atoms with Gasteiger partial charge in [0.05, 0.1) is 16.8 Å². The summed E-state index contributed by atoms with van der Waals surface area (Å²) in [5.74, 6) is -0.161. The van der Waals surface area contributed by atoms with Crippen molar-refractivity contribution >= 4 is 27.0 Å². The summed E-state index contributed by atoms with van der Waals surface area (Å²) < 4.78 is 31.1. The molecule has 142 valence electrons. The van der Waals surface area contributed by atoms with Gasteiger partial charge < -0.3 is 14.6 Å². The van der Waals surface area contributed by atoms with Crippen LogP contribution in [-0.4, -0.2) is 53.3 Å². The number of aromatic amines is 1. The molecule has 1 fully saturated rings. The number of para-hydroxylation sites is 2. The molecule has 0 unspecified atom stereocenters. The monoisotopic (exact) mass is 379 g/mol. The van der Waals surface area contributed by atoms with Gasteiger partial charge in [-0.25, -0.2) is 18.2 Å².